The zero-order chi connectivity index (χ0) is 26.9. The number of hydrogen-bond donors (Lipinski definition) is 2. The molecule has 1 aliphatic heterocycles. The largest absolute Gasteiger partial charge is 0.468 e. The maximum Gasteiger partial charge on any atom is 0.293 e. The molecule has 0 amide bonds. The zero-order valence-corrected chi connectivity index (χ0v) is 23.4. The molecule has 0 spiro atoms. The lowest BCUT2D eigenvalue weighted by Crippen LogP contribution is -2.48. The van der Waals surface area contributed by atoms with E-state index < -0.39 is 0 Å². The molecule has 2 aromatic rings. The molecule has 2 N–H and O–H groups in total. The van der Waals surface area contributed by atoms with Crippen molar-refractivity contribution in [3.8, 4) is 12.0 Å². The highest BCUT2D eigenvalue weighted by atomic mass is 32.2. The Morgan fingerprint density at radius 3 is 2.47 bits per heavy atom. The van der Waals surface area contributed by atoms with E-state index in [1.54, 1.807) is 32.5 Å². The average molecular weight is 517 g/mol. The Labute approximate surface area is 219 Å². The number of nitrogens with one attached hydrogen (secondary N) is 2. The number of carbonyl (C=O) groups excluding carboxylic acids is 1. The number of aromatic nitrogens is 2. The first kappa shape index (κ1) is 31.0. The lowest BCUT2D eigenvalue weighted by molar-refractivity contribution is -0.128. The summed E-state index contributed by atoms with van der Waals surface area (Å²) in [5.74, 6) is 3.48. The van der Waals surface area contributed by atoms with Crippen molar-refractivity contribution in [2.24, 2.45) is 7.05 Å². The number of nitrogens with zero attached hydrogens (tertiary/aromatic N) is 4. The molecule has 3 rings (SSSR count). The first-order chi connectivity index (χ1) is 17.5. The summed E-state index contributed by atoms with van der Waals surface area (Å²) in [6, 6.07) is 11.2. The first-order valence-corrected chi connectivity index (χ1v) is 13.0. The second kappa shape index (κ2) is 17.4. The lowest BCUT2D eigenvalue weighted by Gasteiger charge is -2.31. The molecule has 10 heteroatoms. The Bertz CT molecular complexity index is 1060. The van der Waals surface area contributed by atoms with Gasteiger partial charge in [0.05, 0.1) is 13.3 Å². The quantitative estimate of drug-likeness (QED) is 0.238. The van der Waals surface area contributed by atoms with Gasteiger partial charge in [-0.3, -0.25) is 24.0 Å². The van der Waals surface area contributed by atoms with Gasteiger partial charge in [-0.15, -0.1) is 0 Å². The van der Waals surface area contributed by atoms with Crippen molar-refractivity contribution in [2.75, 3.05) is 56.7 Å². The fraction of sp³-hybridized carbons (Fsp3) is 0.500. The molecule has 0 aliphatic carbocycles. The number of carbonyl (C=O) groups is 1. The number of ether oxygens (including phenoxy) is 1. The maximum atomic E-state index is 13.3. The van der Waals surface area contributed by atoms with E-state index in [1.807, 2.05) is 36.9 Å². The highest BCUT2D eigenvalue weighted by Gasteiger charge is 2.22. The summed E-state index contributed by atoms with van der Waals surface area (Å²) in [4.78, 5) is 32.5. The van der Waals surface area contributed by atoms with Crippen LogP contribution in [0, 0.1) is 18.9 Å². The van der Waals surface area contributed by atoms with Gasteiger partial charge in [0, 0.05) is 51.2 Å². The molecule has 0 atom stereocenters. The van der Waals surface area contributed by atoms with E-state index in [4.69, 9.17) is 4.98 Å². The second-order valence-electron chi connectivity index (χ2n) is 7.42. The minimum Gasteiger partial charge on any atom is -0.468 e. The number of anilines is 2. The normalized spacial score (nSPS) is 12.5. The van der Waals surface area contributed by atoms with Gasteiger partial charge in [-0.2, -0.15) is 0 Å². The molecule has 0 unspecified atom stereocenters. The predicted molar refractivity (Wildman–Crippen MR) is 149 cm³/mol. The van der Waals surface area contributed by atoms with Crippen LogP contribution < -0.4 is 21.1 Å². The topological polar surface area (TPSA) is 91.7 Å². The van der Waals surface area contributed by atoms with E-state index in [1.165, 1.54) is 11.8 Å². The van der Waals surface area contributed by atoms with Crippen molar-refractivity contribution in [1.82, 2.24) is 19.8 Å². The van der Waals surface area contributed by atoms with Crippen molar-refractivity contribution in [3.05, 3.63) is 40.2 Å². The minimum absolute atomic E-state index is 0.113. The van der Waals surface area contributed by atoms with E-state index in [2.05, 4.69) is 45.2 Å². The molecule has 0 saturated carbocycles. The van der Waals surface area contributed by atoms with Crippen LogP contribution >= 0.6 is 11.8 Å². The Hall–Kier alpha value is -3.00. The fourth-order valence-corrected chi connectivity index (χ4v) is 4.20. The molecule has 2 heterocycles. The van der Waals surface area contributed by atoms with Crippen LogP contribution in [0.5, 0.6) is 0 Å². The Morgan fingerprint density at radius 1 is 1.28 bits per heavy atom. The molecule has 1 fully saturated rings. The summed E-state index contributed by atoms with van der Waals surface area (Å²) in [7, 11) is 3.55. The average Bonchev–Trinajstić information content (AvgIpc) is 2.90. The van der Waals surface area contributed by atoms with E-state index in [9.17, 15) is 9.59 Å². The van der Waals surface area contributed by atoms with Crippen LogP contribution in [0.25, 0.3) is 0 Å². The van der Waals surface area contributed by atoms with Crippen LogP contribution in [0.2, 0.25) is 0 Å². The highest BCUT2D eigenvalue weighted by Crippen LogP contribution is 2.30. The summed E-state index contributed by atoms with van der Waals surface area (Å²) in [5, 5.41) is 7.09. The van der Waals surface area contributed by atoms with Gasteiger partial charge in [0.25, 0.3) is 12.0 Å². The molecule has 36 heavy (non-hydrogen) atoms. The van der Waals surface area contributed by atoms with Gasteiger partial charge in [0.1, 0.15) is 0 Å². The van der Waals surface area contributed by atoms with Crippen LogP contribution in [-0.4, -0.2) is 67.4 Å². The number of hydrogen-bond acceptors (Lipinski definition) is 9. The van der Waals surface area contributed by atoms with Gasteiger partial charge in [0.15, 0.2) is 16.7 Å². The molecule has 0 bridgehead atoms. The first-order valence-electron chi connectivity index (χ1n) is 12.2. The lowest BCUT2D eigenvalue weighted by atomic mass is 10.2. The van der Waals surface area contributed by atoms with Crippen LogP contribution in [0.1, 0.15) is 33.3 Å². The number of piperazine rings is 1. The summed E-state index contributed by atoms with van der Waals surface area (Å²) in [6.45, 7) is 14.8. The van der Waals surface area contributed by atoms with Gasteiger partial charge in [-0.1, -0.05) is 49.7 Å². The third kappa shape index (κ3) is 9.22. The van der Waals surface area contributed by atoms with E-state index in [0.717, 1.165) is 36.6 Å². The SMILES string of the molecule is CC.CC#CN(CN1CCNCC1)c1c(NC)nc(Sc2ccccc2C)n(C)c1=O.CCOC=O. The van der Waals surface area contributed by atoms with Crippen molar-refractivity contribution in [2.45, 2.75) is 44.7 Å². The molecule has 1 aliphatic rings. The smallest absolute Gasteiger partial charge is 0.293 e. The second-order valence-corrected chi connectivity index (χ2v) is 8.43. The predicted octanol–water partition coefficient (Wildman–Crippen LogP) is 3.14. The van der Waals surface area contributed by atoms with Gasteiger partial charge >= 0.3 is 0 Å². The Morgan fingerprint density at radius 2 is 1.94 bits per heavy atom. The molecular weight excluding hydrogens is 476 g/mol. The van der Waals surface area contributed by atoms with E-state index in [0.29, 0.717) is 36.4 Å². The van der Waals surface area contributed by atoms with E-state index >= 15 is 0 Å². The highest BCUT2D eigenvalue weighted by molar-refractivity contribution is 7.99. The van der Waals surface area contributed by atoms with Crippen molar-refractivity contribution < 1.29 is 9.53 Å². The zero-order valence-electron chi connectivity index (χ0n) is 22.6. The third-order valence-corrected chi connectivity index (χ3v) is 6.29. The van der Waals surface area contributed by atoms with Gasteiger partial charge in [0.2, 0.25) is 0 Å². The minimum atomic E-state index is -0.113. The van der Waals surface area contributed by atoms with Crippen LogP contribution in [-0.2, 0) is 16.6 Å². The van der Waals surface area contributed by atoms with Gasteiger partial charge in [-0.25, -0.2) is 4.98 Å². The maximum absolute atomic E-state index is 13.3. The number of rotatable bonds is 8. The summed E-state index contributed by atoms with van der Waals surface area (Å²) < 4.78 is 5.76. The Kier molecular flexibility index (Phi) is 15.0. The van der Waals surface area contributed by atoms with Crippen molar-refractivity contribution in [1.29, 1.82) is 0 Å². The third-order valence-electron chi connectivity index (χ3n) is 5.06. The van der Waals surface area contributed by atoms with Gasteiger partial charge < -0.3 is 15.4 Å². The van der Waals surface area contributed by atoms with Crippen LogP contribution in [0.3, 0.4) is 0 Å². The number of benzene rings is 1. The van der Waals surface area contributed by atoms with E-state index in [-0.39, 0.29) is 5.56 Å². The summed E-state index contributed by atoms with van der Waals surface area (Å²) in [6.07, 6.45) is 0. The number of aryl methyl sites for hydroxylation is 1. The summed E-state index contributed by atoms with van der Waals surface area (Å²) >= 11 is 1.49. The van der Waals surface area contributed by atoms with Gasteiger partial charge in [-0.05, 0) is 32.4 Å². The fourth-order valence-electron chi connectivity index (χ4n) is 3.27. The molecule has 9 nitrogen and oxygen atoms in total. The Balaban J connectivity index is 0.000000826. The van der Waals surface area contributed by atoms with Crippen molar-refractivity contribution >= 4 is 29.7 Å². The van der Waals surface area contributed by atoms with Crippen LogP contribution in [0.15, 0.2) is 39.1 Å². The standard InChI is InChI=1S/C21H28N6OS.C3H6O2.C2H6/c1-5-12-27(15-26-13-10-23-11-14-26)18-19(22-3)24-21(25(4)20(18)28)29-17-9-7-6-8-16(17)2;1-2-5-3-4;1-2/h6-9,22-23H,10-11,13-15H2,1-4H3;3H,2H2,1H3;1-2H3. The molecule has 198 valence electrons. The molecule has 0 radical (unpaired) electrons. The molecule has 1 aromatic carbocycles. The molecular formula is C26H40N6O3S. The summed E-state index contributed by atoms with van der Waals surface area (Å²) in [5.41, 5.74) is 1.52. The van der Waals surface area contributed by atoms with Crippen molar-refractivity contribution in [3.63, 3.8) is 0 Å². The monoisotopic (exact) mass is 516 g/mol. The molecule has 1 aromatic heterocycles. The molecule has 1 saturated heterocycles. The van der Waals surface area contributed by atoms with Crippen LogP contribution in [0.4, 0.5) is 11.5 Å².